The second-order valence-electron chi connectivity index (χ2n) is 2.59. The number of fused-ring (bicyclic) bond motifs is 1. The molecule has 0 bridgehead atoms. The molecule has 0 aliphatic heterocycles. The van der Waals surface area contributed by atoms with Gasteiger partial charge in [-0.1, -0.05) is 0 Å². The molecular formula is C6H5N4O3+. The number of hydrogen-bond acceptors (Lipinski definition) is 5. The first-order valence-electron chi connectivity index (χ1n) is 3.47. The first-order chi connectivity index (χ1) is 6.18. The number of allylic oxidation sites excluding steroid dienone is 1. The molecule has 13 heavy (non-hydrogen) atoms. The van der Waals surface area contributed by atoms with Crippen LogP contribution in [0, 0.1) is 10.1 Å². The fourth-order valence-corrected chi connectivity index (χ4v) is 1.12. The molecule has 0 fully saturated rings. The Hall–Kier alpha value is -2.05. The van der Waals surface area contributed by atoms with Crippen molar-refractivity contribution in [3.63, 3.8) is 0 Å². The molecule has 0 saturated heterocycles. The van der Waals surface area contributed by atoms with Crippen LogP contribution < -0.4 is 5.41 Å². The topological polar surface area (TPSA) is 108 Å². The number of nitrogens with zero attached hydrogens (tertiary/aromatic N) is 3. The maximum atomic E-state index is 10.4. The van der Waals surface area contributed by atoms with Crippen molar-refractivity contribution in [3.8, 4) is 0 Å². The van der Waals surface area contributed by atoms with Crippen molar-refractivity contribution in [3.05, 3.63) is 27.2 Å². The van der Waals surface area contributed by atoms with Crippen molar-refractivity contribution >= 4 is 11.8 Å². The Labute approximate surface area is 71.7 Å². The van der Waals surface area contributed by atoms with Crippen LogP contribution in [-0.2, 0) is 0 Å². The van der Waals surface area contributed by atoms with E-state index in [9.17, 15) is 10.1 Å². The van der Waals surface area contributed by atoms with Gasteiger partial charge in [0.15, 0.2) is 0 Å². The van der Waals surface area contributed by atoms with Gasteiger partial charge in [-0.25, -0.2) is 4.63 Å². The molecule has 7 heteroatoms. The third-order valence-corrected chi connectivity index (χ3v) is 1.73. The minimum atomic E-state index is -0.496. The summed E-state index contributed by atoms with van der Waals surface area (Å²) in [6, 6.07) is 0. The van der Waals surface area contributed by atoms with Crippen molar-refractivity contribution in [2.75, 3.05) is 0 Å². The van der Waals surface area contributed by atoms with Gasteiger partial charge in [-0.15, -0.1) is 0 Å². The largest absolute Gasteiger partial charge is 0.259 e. The summed E-state index contributed by atoms with van der Waals surface area (Å²) in [6.07, 6.45) is 1.39. The van der Waals surface area contributed by atoms with Gasteiger partial charge in [0, 0.05) is 6.08 Å². The maximum Gasteiger partial charge on any atom is 0.259 e. The zero-order chi connectivity index (χ0) is 9.42. The smallest absolute Gasteiger partial charge is 0.259 e. The average Bonchev–Trinajstić information content (AvgIpc) is 2.51. The molecule has 0 unspecified atom stereocenters. The van der Waals surface area contributed by atoms with Crippen molar-refractivity contribution < 1.29 is 15.0 Å². The molecule has 0 atom stereocenters. The zero-order valence-electron chi connectivity index (χ0n) is 6.43. The number of rotatable bonds is 1. The third-order valence-electron chi connectivity index (χ3n) is 1.73. The van der Waals surface area contributed by atoms with Crippen molar-refractivity contribution in [2.45, 2.75) is 6.42 Å². The van der Waals surface area contributed by atoms with Crippen molar-refractivity contribution in [1.29, 1.82) is 0 Å². The predicted octanol–water partition coefficient (Wildman–Crippen LogP) is -1.36. The summed E-state index contributed by atoms with van der Waals surface area (Å²) in [7, 11) is 0. The SMILES string of the molecule is [NH2+]=C1CC([N+](=O)[O-])=Cc2nonc21. The third kappa shape index (κ3) is 1.10. The summed E-state index contributed by atoms with van der Waals surface area (Å²) in [5, 5.41) is 22.9. The van der Waals surface area contributed by atoms with Crippen LogP contribution in [0.15, 0.2) is 10.3 Å². The summed E-state index contributed by atoms with van der Waals surface area (Å²) in [4.78, 5) is 9.93. The first-order valence-corrected chi connectivity index (χ1v) is 3.47. The van der Waals surface area contributed by atoms with Gasteiger partial charge in [0.2, 0.25) is 11.4 Å². The van der Waals surface area contributed by atoms with E-state index < -0.39 is 4.92 Å². The molecule has 66 valence electrons. The maximum absolute atomic E-state index is 10.4. The van der Waals surface area contributed by atoms with Crippen molar-refractivity contribution in [1.82, 2.24) is 10.3 Å². The van der Waals surface area contributed by atoms with E-state index in [0.717, 1.165) is 0 Å². The van der Waals surface area contributed by atoms with Gasteiger partial charge in [-0.3, -0.25) is 15.5 Å². The van der Waals surface area contributed by atoms with E-state index in [1.165, 1.54) is 6.08 Å². The van der Waals surface area contributed by atoms with Gasteiger partial charge in [-0.05, 0) is 10.3 Å². The van der Waals surface area contributed by atoms with Crippen LogP contribution in [0.4, 0.5) is 0 Å². The molecule has 1 aliphatic carbocycles. The molecule has 1 aromatic rings. The molecule has 0 amide bonds. The molecule has 0 aromatic carbocycles. The monoisotopic (exact) mass is 181 g/mol. The van der Waals surface area contributed by atoms with Crippen LogP contribution in [0.1, 0.15) is 17.8 Å². The number of hydrogen-bond donors (Lipinski definition) is 1. The lowest BCUT2D eigenvalue weighted by molar-refractivity contribution is -0.425. The Morgan fingerprint density at radius 3 is 3.08 bits per heavy atom. The Morgan fingerprint density at radius 1 is 1.62 bits per heavy atom. The Balaban J connectivity index is 2.52. The van der Waals surface area contributed by atoms with E-state index in [0.29, 0.717) is 17.1 Å². The summed E-state index contributed by atoms with van der Waals surface area (Å²) in [5.74, 6) is 0. The van der Waals surface area contributed by atoms with Gasteiger partial charge in [-0.2, -0.15) is 0 Å². The van der Waals surface area contributed by atoms with Crippen LogP contribution in [0.2, 0.25) is 0 Å². The fourth-order valence-electron chi connectivity index (χ4n) is 1.12. The molecule has 2 rings (SSSR count). The Kier molecular flexibility index (Phi) is 1.44. The summed E-state index contributed by atoms with van der Waals surface area (Å²) < 4.78 is 4.40. The lowest BCUT2D eigenvalue weighted by atomic mass is 10.0. The molecule has 1 aromatic heterocycles. The Morgan fingerprint density at radius 2 is 2.38 bits per heavy atom. The highest BCUT2D eigenvalue weighted by Crippen LogP contribution is 2.19. The summed E-state index contributed by atoms with van der Waals surface area (Å²) >= 11 is 0. The Bertz CT molecular complexity index is 419. The normalized spacial score (nSPS) is 15.1. The fraction of sp³-hybridized carbons (Fsp3) is 0.167. The average molecular weight is 181 g/mol. The minimum absolute atomic E-state index is 0.000648. The highest BCUT2D eigenvalue weighted by atomic mass is 16.6. The van der Waals surface area contributed by atoms with Gasteiger partial charge >= 0.3 is 0 Å². The molecule has 1 heterocycles. The van der Waals surface area contributed by atoms with Crippen LogP contribution in [-0.4, -0.2) is 20.9 Å². The van der Waals surface area contributed by atoms with Gasteiger partial charge < -0.3 is 0 Å². The zero-order valence-corrected chi connectivity index (χ0v) is 6.43. The molecule has 2 N–H and O–H groups in total. The standard InChI is InChI=1S/C6H4N4O3/c7-4-1-3(10(11)12)2-5-6(4)9-13-8-5/h2,7H,1H2/p+1. The summed E-state index contributed by atoms with van der Waals surface area (Å²) in [5.41, 5.74) is 1.02. The second-order valence-corrected chi connectivity index (χ2v) is 2.59. The molecule has 7 nitrogen and oxygen atoms in total. The van der Waals surface area contributed by atoms with Crippen LogP contribution in [0.25, 0.3) is 6.08 Å². The molecule has 0 spiro atoms. The van der Waals surface area contributed by atoms with Crippen LogP contribution >= 0.6 is 0 Å². The van der Waals surface area contributed by atoms with Gasteiger partial charge in [0.05, 0.1) is 4.92 Å². The first kappa shape index (κ1) is 7.59. The number of nitrogens with two attached hydrogens (primary N) is 1. The molecular weight excluding hydrogens is 176 g/mol. The lowest BCUT2D eigenvalue weighted by Gasteiger charge is -1.99. The quantitative estimate of drug-likeness (QED) is 0.425. The van der Waals surface area contributed by atoms with E-state index in [1.807, 2.05) is 0 Å². The predicted molar refractivity (Wildman–Crippen MR) is 39.9 cm³/mol. The minimum Gasteiger partial charge on any atom is -0.259 e. The van der Waals surface area contributed by atoms with Crippen LogP contribution in [0.3, 0.4) is 0 Å². The lowest BCUT2D eigenvalue weighted by Crippen LogP contribution is -2.42. The van der Waals surface area contributed by atoms with E-state index in [1.54, 1.807) is 0 Å². The van der Waals surface area contributed by atoms with E-state index >= 15 is 0 Å². The van der Waals surface area contributed by atoms with E-state index in [4.69, 9.17) is 5.41 Å². The van der Waals surface area contributed by atoms with Crippen LogP contribution in [0.5, 0.6) is 0 Å². The van der Waals surface area contributed by atoms with Gasteiger partial charge in [0.1, 0.15) is 12.1 Å². The van der Waals surface area contributed by atoms with E-state index in [2.05, 4.69) is 14.9 Å². The number of aromatic nitrogens is 2. The molecule has 1 aliphatic rings. The molecule has 0 saturated carbocycles. The summed E-state index contributed by atoms with van der Waals surface area (Å²) in [6.45, 7) is 0. The molecule has 0 radical (unpaired) electrons. The van der Waals surface area contributed by atoms with Crippen molar-refractivity contribution in [2.24, 2.45) is 0 Å². The highest BCUT2D eigenvalue weighted by molar-refractivity contribution is 6.00. The number of nitro groups is 1. The second kappa shape index (κ2) is 2.47. The van der Waals surface area contributed by atoms with E-state index in [-0.39, 0.29) is 12.1 Å². The van der Waals surface area contributed by atoms with Gasteiger partial charge in [0.25, 0.3) is 5.70 Å². The highest BCUT2D eigenvalue weighted by Gasteiger charge is 2.30.